The Morgan fingerprint density at radius 3 is 2.42 bits per heavy atom. The minimum absolute atomic E-state index is 0.124. The summed E-state index contributed by atoms with van der Waals surface area (Å²) in [6.07, 6.45) is 1.36. The largest absolute Gasteiger partial charge is 0.495 e. The van der Waals surface area contributed by atoms with Crippen LogP contribution < -0.4 is 10.1 Å². The van der Waals surface area contributed by atoms with Gasteiger partial charge in [-0.3, -0.25) is 4.79 Å². The molecule has 0 aliphatic heterocycles. The highest BCUT2D eigenvalue weighted by Crippen LogP contribution is 2.33. The second kappa shape index (κ2) is 8.07. The fourth-order valence-corrected chi connectivity index (χ4v) is 2.65. The number of nitrogens with one attached hydrogen (secondary N) is 1. The van der Waals surface area contributed by atoms with Gasteiger partial charge in [-0.2, -0.15) is 5.26 Å². The number of ether oxygens (including phenoxy) is 1. The van der Waals surface area contributed by atoms with Crippen LogP contribution in [0.1, 0.15) is 5.56 Å². The molecule has 4 nitrogen and oxygen atoms in total. The van der Waals surface area contributed by atoms with Crippen molar-refractivity contribution in [3.8, 4) is 11.8 Å². The quantitative estimate of drug-likeness (QED) is 0.585. The number of nitrogens with zero attached hydrogens (tertiary/aromatic N) is 1. The van der Waals surface area contributed by atoms with E-state index in [1.807, 2.05) is 6.07 Å². The second-order valence-electron chi connectivity index (χ2n) is 4.64. The molecular formula is C17H11Cl3N2O2. The Balaban J connectivity index is 2.34. The monoisotopic (exact) mass is 380 g/mol. The lowest BCUT2D eigenvalue weighted by molar-refractivity contribution is -0.112. The van der Waals surface area contributed by atoms with Gasteiger partial charge in [-0.15, -0.1) is 0 Å². The summed E-state index contributed by atoms with van der Waals surface area (Å²) in [5.74, 6) is -0.244. The first kappa shape index (κ1) is 18.2. The van der Waals surface area contributed by atoms with Crippen LogP contribution in [0.3, 0.4) is 0 Å². The molecule has 0 heterocycles. The van der Waals surface area contributed by atoms with Crippen LogP contribution >= 0.6 is 34.8 Å². The third-order valence-electron chi connectivity index (χ3n) is 3.01. The average Bonchev–Trinajstić information content (AvgIpc) is 2.54. The SMILES string of the molecule is COc1c(Cl)cc(Cl)cc1/C=C(\C#N)C(=O)Nc1ccc(Cl)cc1. The zero-order chi connectivity index (χ0) is 17.7. The van der Waals surface area contributed by atoms with Gasteiger partial charge in [0.2, 0.25) is 0 Å². The molecule has 7 heteroatoms. The average molecular weight is 382 g/mol. The molecular weight excluding hydrogens is 371 g/mol. The van der Waals surface area contributed by atoms with Crippen LogP contribution in [-0.2, 0) is 4.79 Å². The topological polar surface area (TPSA) is 62.1 Å². The highest BCUT2D eigenvalue weighted by Gasteiger charge is 2.13. The zero-order valence-corrected chi connectivity index (χ0v) is 14.7. The molecule has 0 aliphatic carbocycles. The van der Waals surface area contributed by atoms with Gasteiger partial charge in [0.15, 0.2) is 0 Å². The van der Waals surface area contributed by atoms with E-state index in [1.54, 1.807) is 30.3 Å². The van der Waals surface area contributed by atoms with E-state index in [9.17, 15) is 10.1 Å². The third kappa shape index (κ3) is 4.42. The third-order valence-corrected chi connectivity index (χ3v) is 3.76. The van der Waals surface area contributed by atoms with E-state index < -0.39 is 5.91 Å². The first-order valence-electron chi connectivity index (χ1n) is 6.66. The highest BCUT2D eigenvalue weighted by atomic mass is 35.5. The van der Waals surface area contributed by atoms with Gasteiger partial charge in [-0.1, -0.05) is 34.8 Å². The van der Waals surface area contributed by atoms with Crippen molar-refractivity contribution in [2.24, 2.45) is 0 Å². The van der Waals surface area contributed by atoms with Gasteiger partial charge < -0.3 is 10.1 Å². The lowest BCUT2D eigenvalue weighted by Crippen LogP contribution is -2.13. The summed E-state index contributed by atoms with van der Waals surface area (Å²) in [6, 6.07) is 11.4. The molecule has 0 unspecified atom stereocenters. The fraction of sp³-hybridized carbons (Fsp3) is 0.0588. The maximum absolute atomic E-state index is 12.3. The normalized spacial score (nSPS) is 10.9. The van der Waals surface area contributed by atoms with Crippen molar-refractivity contribution in [1.29, 1.82) is 5.26 Å². The molecule has 0 bridgehead atoms. The number of amides is 1. The van der Waals surface area contributed by atoms with E-state index in [0.29, 0.717) is 27.0 Å². The van der Waals surface area contributed by atoms with Crippen LogP contribution in [0.15, 0.2) is 42.0 Å². The molecule has 0 aromatic heterocycles. The summed E-state index contributed by atoms with van der Waals surface area (Å²) >= 11 is 17.8. The van der Waals surface area contributed by atoms with E-state index in [-0.39, 0.29) is 10.6 Å². The molecule has 0 aliphatic rings. The molecule has 2 aromatic rings. The number of nitriles is 1. The minimum Gasteiger partial charge on any atom is -0.495 e. The Bertz CT molecular complexity index is 840. The molecule has 0 radical (unpaired) electrons. The van der Waals surface area contributed by atoms with Crippen LogP contribution in [0.2, 0.25) is 15.1 Å². The first-order chi connectivity index (χ1) is 11.4. The smallest absolute Gasteiger partial charge is 0.266 e. The molecule has 0 saturated carbocycles. The maximum atomic E-state index is 12.3. The Morgan fingerprint density at radius 2 is 1.83 bits per heavy atom. The molecule has 1 amide bonds. The Morgan fingerprint density at radius 1 is 1.17 bits per heavy atom. The van der Waals surface area contributed by atoms with Crippen LogP contribution in [0.5, 0.6) is 5.75 Å². The van der Waals surface area contributed by atoms with Gasteiger partial charge in [-0.25, -0.2) is 0 Å². The summed E-state index contributed by atoms with van der Waals surface area (Å²) in [7, 11) is 1.44. The highest BCUT2D eigenvalue weighted by molar-refractivity contribution is 6.36. The fourth-order valence-electron chi connectivity index (χ4n) is 1.94. The van der Waals surface area contributed by atoms with Gasteiger partial charge >= 0.3 is 0 Å². The molecule has 1 N–H and O–H groups in total. The van der Waals surface area contributed by atoms with Crippen molar-refractivity contribution in [2.75, 3.05) is 12.4 Å². The Hall–Kier alpha value is -2.19. The minimum atomic E-state index is -0.571. The second-order valence-corrected chi connectivity index (χ2v) is 5.92. The number of carbonyl (C=O) groups is 1. The van der Waals surface area contributed by atoms with Crippen LogP contribution in [-0.4, -0.2) is 13.0 Å². The van der Waals surface area contributed by atoms with Crippen LogP contribution in [0.25, 0.3) is 6.08 Å². The molecule has 0 atom stereocenters. The van der Waals surface area contributed by atoms with E-state index in [4.69, 9.17) is 39.5 Å². The molecule has 24 heavy (non-hydrogen) atoms. The predicted molar refractivity (Wildman–Crippen MR) is 96.7 cm³/mol. The van der Waals surface area contributed by atoms with Crippen molar-refractivity contribution in [1.82, 2.24) is 0 Å². The number of benzene rings is 2. The first-order valence-corrected chi connectivity index (χ1v) is 7.79. The van der Waals surface area contributed by atoms with E-state index in [1.165, 1.54) is 19.3 Å². The molecule has 0 fully saturated rings. The Labute approximate surface area is 154 Å². The van der Waals surface area contributed by atoms with Gasteiger partial charge in [0.25, 0.3) is 5.91 Å². The number of halogens is 3. The zero-order valence-electron chi connectivity index (χ0n) is 12.4. The number of methoxy groups -OCH3 is 1. The molecule has 122 valence electrons. The number of anilines is 1. The standard InChI is InChI=1S/C17H11Cl3N2O2/c1-24-16-10(7-13(19)8-15(16)20)6-11(9-21)17(23)22-14-4-2-12(18)3-5-14/h2-8H,1H3,(H,22,23)/b11-6+. The lowest BCUT2D eigenvalue weighted by Gasteiger charge is -2.09. The van der Waals surface area contributed by atoms with Crippen molar-refractivity contribution >= 4 is 52.5 Å². The summed E-state index contributed by atoms with van der Waals surface area (Å²) in [4.78, 5) is 12.3. The van der Waals surface area contributed by atoms with Gasteiger partial charge in [-0.05, 0) is 42.5 Å². The molecule has 2 rings (SSSR count). The summed E-state index contributed by atoms with van der Waals surface area (Å²) in [5, 5.41) is 13.1. The van der Waals surface area contributed by atoms with Crippen molar-refractivity contribution < 1.29 is 9.53 Å². The molecule has 0 spiro atoms. The predicted octanol–water partition coefficient (Wildman–Crippen LogP) is 5.20. The van der Waals surface area contributed by atoms with E-state index in [0.717, 1.165) is 0 Å². The lowest BCUT2D eigenvalue weighted by atomic mass is 10.1. The van der Waals surface area contributed by atoms with Crippen molar-refractivity contribution in [3.05, 3.63) is 62.6 Å². The van der Waals surface area contributed by atoms with E-state index >= 15 is 0 Å². The summed E-state index contributed by atoms with van der Waals surface area (Å²) in [5.41, 5.74) is 0.820. The molecule has 0 saturated heterocycles. The van der Waals surface area contributed by atoms with Gasteiger partial charge in [0, 0.05) is 21.3 Å². The summed E-state index contributed by atoms with van der Waals surface area (Å²) < 4.78 is 5.20. The Kier molecular flexibility index (Phi) is 6.10. The summed E-state index contributed by atoms with van der Waals surface area (Å²) in [6.45, 7) is 0. The van der Waals surface area contributed by atoms with Crippen molar-refractivity contribution in [3.63, 3.8) is 0 Å². The van der Waals surface area contributed by atoms with E-state index in [2.05, 4.69) is 5.32 Å². The van der Waals surface area contributed by atoms with Crippen molar-refractivity contribution in [2.45, 2.75) is 0 Å². The number of rotatable bonds is 4. The maximum Gasteiger partial charge on any atom is 0.266 e. The van der Waals surface area contributed by atoms with Gasteiger partial charge in [0.05, 0.1) is 12.1 Å². The van der Waals surface area contributed by atoms with Crippen LogP contribution in [0, 0.1) is 11.3 Å². The number of hydrogen-bond donors (Lipinski definition) is 1. The van der Waals surface area contributed by atoms with Gasteiger partial charge in [0.1, 0.15) is 17.4 Å². The number of hydrogen-bond acceptors (Lipinski definition) is 3. The number of carbonyl (C=O) groups excluding carboxylic acids is 1. The van der Waals surface area contributed by atoms with Crippen LogP contribution in [0.4, 0.5) is 5.69 Å². The molecule has 2 aromatic carbocycles.